The number of alkyl halides is 6. The number of hydrogen-bond donors (Lipinski definition) is 3. The zero-order valence-corrected chi connectivity index (χ0v) is 21.4. The number of allylic oxidation sites excluding steroid dienone is 3. The van der Waals surface area contributed by atoms with Gasteiger partial charge < -0.3 is 15.3 Å². The Balaban J connectivity index is 1.88. The first-order chi connectivity index (χ1) is 16.2. The molecule has 36 heavy (non-hydrogen) atoms. The number of rotatable bonds is 6. The molecule has 0 bridgehead atoms. The standard InChI is InChI=1S/C27H38F6O3/c1-16(8-6-14-22(3,4)34)19-12-13-21-18(9-7-15-23(19,21)5)10-11-20-17(2)25(30,35)26(31,32)27(33,36)24(20,28)29/h10-11,16,19,21,34-36H,2,6-9,12-15H2,1,3-5H3/b18-10?,20-11+/t16-,19-,21?,23-,25+,27-/m1/s1. The summed E-state index contributed by atoms with van der Waals surface area (Å²) < 4.78 is 85.8. The van der Waals surface area contributed by atoms with Crippen molar-refractivity contribution in [3.05, 3.63) is 35.5 Å². The van der Waals surface area contributed by atoms with Gasteiger partial charge in [0.15, 0.2) is 0 Å². The molecule has 3 aliphatic carbocycles. The van der Waals surface area contributed by atoms with Crippen LogP contribution in [-0.4, -0.2) is 44.5 Å². The highest BCUT2D eigenvalue weighted by atomic mass is 19.3. The molecule has 3 saturated carbocycles. The van der Waals surface area contributed by atoms with Gasteiger partial charge in [-0.2, -0.15) is 26.3 Å². The summed E-state index contributed by atoms with van der Waals surface area (Å²) in [6.07, 6.45) is 8.34. The van der Waals surface area contributed by atoms with Crippen LogP contribution in [0.1, 0.15) is 79.1 Å². The maximum absolute atomic E-state index is 14.6. The van der Waals surface area contributed by atoms with E-state index in [1.807, 2.05) is 0 Å². The first kappa shape index (κ1) is 29.2. The lowest BCUT2D eigenvalue weighted by molar-refractivity contribution is -0.401. The molecule has 0 radical (unpaired) electrons. The van der Waals surface area contributed by atoms with E-state index >= 15 is 0 Å². The highest BCUT2D eigenvalue weighted by Gasteiger charge is 2.83. The van der Waals surface area contributed by atoms with Gasteiger partial charge >= 0.3 is 23.6 Å². The van der Waals surface area contributed by atoms with E-state index in [-0.39, 0.29) is 11.3 Å². The molecule has 0 aliphatic heterocycles. The van der Waals surface area contributed by atoms with Crippen LogP contribution >= 0.6 is 0 Å². The van der Waals surface area contributed by atoms with E-state index in [2.05, 4.69) is 20.4 Å². The third-order valence-electron chi connectivity index (χ3n) is 8.95. The minimum absolute atomic E-state index is 0.0188. The number of halogens is 6. The molecule has 0 aromatic carbocycles. The number of hydrogen-bond acceptors (Lipinski definition) is 3. The molecule has 0 heterocycles. The Kier molecular flexibility index (Phi) is 7.44. The van der Waals surface area contributed by atoms with E-state index < -0.39 is 40.3 Å². The van der Waals surface area contributed by atoms with E-state index in [0.29, 0.717) is 30.8 Å². The van der Waals surface area contributed by atoms with Crippen LogP contribution in [0.15, 0.2) is 35.5 Å². The van der Waals surface area contributed by atoms with Crippen LogP contribution in [0, 0.1) is 23.2 Å². The van der Waals surface area contributed by atoms with Gasteiger partial charge in [0.25, 0.3) is 0 Å². The maximum atomic E-state index is 14.6. The first-order valence-electron chi connectivity index (χ1n) is 12.6. The normalized spacial score (nSPS) is 41.5. The summed E-state index contributed by atoms with van der Waals surface area (Å²) in [5, 5.41) is 28.8. The minimum Gasteiger partial charge on any atom is -0.390 e. The van der Waals surface area contributed by atoms with Gasteiger partial charge in [-0.05, 0) is 75.5 Å². The molecule has 0 amide bonds. The van der Waals surface area contributed by atoms with Gasteiger partial charge in [-0.3, -0.25) is 0 Å². The first-order valence-corrected chi connectivity index (χ1v) is 12.6. The monoisotopic (exact) mass is 524 g/mol. The highest BCUT2D eigenvalue weighted by molar-refractivity contribution is 5.49. The summed E-state index contributed by atoms with van der Waals surface area (Å²) in [5.41, 5.74) is -3.37. The molecular weight excluding hydrogens is 486 g/mol. The van der Waals surface area contributed by atoms with Crippen LogP contribution < -0.4 is 0 Å². The second-order valence-electron chi connectivity index (χ2n) is 12.0. The Bertz CT molecular complexity index is 930. The second-order valence-corrected chi connectivity index (χ2v) is 12.0. The van der Waals surface area contributed by atoms with Crippen molar-refractivity contribution in [1.82, 2.24) is 0 Å². The van der Waals surface area contributed by atoms with Gasteiger partial charge in [0.2, 0.25) is 0 Å². The van der Waals surface area contributed by atoms with Crippen molar-refractivity contribution in [3.8, 4) is 0 Å². The topological polar surface area (TPSA) is 60.7 Å². The predicted octanol–water partition coefficient (Wildman–Crippen LogP) is 6.79. The third-order valence-corrected chi connectivity index (χ3v) is 8.95. The fraction of sp³-hybridized carbons (Fsp3) is 0.778. The van der Waals surface area contributed by atoms with Crippen molar-refractivity contribution in [3.63, 3.8) is 0 Å². The van der Waals surface area contributed by atoms with Crippen molar-refractivity contribution in [1.29, 1.82) is 0 Å². The Labute approximate surface area is 209 Å². The SMILES string of the molecule is C=C1/C(=C\C=C2CCC[C@@]3(C)C2CC[C@@H]3[C@H](C)CCCC(C)(C)O)C(F)(F)[C@](O)(F)C(F)(F)[C@]1(O)F. The van der Waals surface area contributed by atoms with Gasteiger partial charge in [0, 0.05) is 11.1 Å². The maximum Gasteiger partial charge on any atom is 0.373 e. The highest BCUT2D eigenvalue weighted by Crippen LogP contribution is 2.62. The molecule has 3 nitrogen and oxygen atoms in total. The predicted molar refractivity (Wildman–Crippen MR) is 125 cm³/mol. The Morgan fingerprint density at radius 2 is 1.69 bits per heavy atom. The molecule has 3 fully saturated rings. The fourth-order valence-corrected chi connectivity index (χ4v) is 6.82. The van der Waals surface area contributed by atoms with Crippen molar-refractivity contribution >= 4 is 0 Å². The summed E-state index contributed by atoms with van der Waals surface area (Å²) in [5.74, 6) is -20.8. The second kappa shape index (κ2) is 9.16. The summed E-state index contributed by atoms with van der Waals surface area (Å²) >= 11 is 0. The summed E-state index contributed by atoms with van der Waals surface area (Å²) in [6.45, 7) is 10.7. The lowest BCUT2D eigenvalue weighted by Gasteiger charge is -2.46. The number of fused-ring (bicyclic) bond motifs is 1. The summed E-state index contributed by atoms with van der Waals surface area (Å²) in [6, 6.07) is 0. The van der Waals surface area contributed by atoms with E-state index in [0.717, 1.165) is 44.1 Å². The van der Waals surface area contributed by atoms with Crippen molar-refractivity contribution in [2.45, 2.75) is 108 Å². The molecule has 0 spiro atoms. The average molecular weight is 525 g/mol. The zero-order chi connectivity index (χ0) is 27.5. The molecule has 3 rings (SSSR count). The Hall–Kier alpha value is -1.32. The number of aliphatic hydroxyl groups is 3. The molecular formula is C27H38F6O3. The van der Waals surface area contributed by atoms with E-state index in [9.17, 15) is 41.7 Å². The van der Waals surface area contributed by atoms with Gasteiger partial charge in [-0.1, -0.05) is 51.0 Å². The van der Waals surface area contributed by atoms with Gasteiger partial charge in [-0.25, -0.2) is 0 Å². The molecule has 0 aromatic heterocycles. The van der Waals surface area contributed by atoms with E-state index in [1.54, 1.807) is 13.8 Å². The quantitative estimate of drug-likeness (QED) is 0.336. The molecule has 6 atom stereocenters. The van der Waals surface area contributed by atoms with E-state index in [1.165, 1.54) is 6.08 Å². The van der Waals surface area contributed by atoms with Gasteiger partial charge in [-0.15, -0.1) is 0 Å². The molecule has 0 aromatic rings. The molecule has 3 aliphatic rings. The van der Waals surface area contributed by atoms with Crippen molar-refractivity contribution in [2.75, 3.05) is 0 Å². The smallest absolute Gasteiger partial charge is 0.373 e. The molecule has 0 saturated heterocycles. The van der Waals surface area contributed by atoms with Gasteiger partial charge in [0.05, 0.1) is 5.60 Å². The fourth-order valence-electron chi connectivity index (χ4n) is 6.82. The summed E-state index contributed by atoms with van der Waals surface area (Å²) in [4.78, 5) is 0. The molecule has 1 unspecified atom stereocenters. The van der Waals surface area contributed by atoms with Crippen LogP contribution in [0.5, 0.6) is 0 Å². The lowest BCUT2D eigenvalue weighted by atomic mass is 9.60. The van der Waals surface area contributed by atoms with Crippen LogP contribution in [-0.2, 0) is 0 Å². The molecule has 206 valence electrons. The summed E-state index contributed by atoms with van der Waals surface area (Å²) in [7, 11) is 0. The van der Waals surface area contributed by atoms with Crippen molar-refractivity contribution in [2.24, 2.45) is 23.2 Å². The van der Waals surface area contributed by atoms with Crippen molar-refractivity contribution < 1.29 is 41.7 Å². The van der Waals surface area contributed by atoms with Gasteiger partial charge in [0.1, 0.15) is 0 Å². The van der Waals surface area contributed by atoms with E-state index in [4.69, 9.17) is 0 Å². The average Bonchev–Trinajstić information content (AvgIpc) is 3.09. The Morgan fingerprint density at radius 1 is 1.08 bits per heavy atom. The van der Waals surface area contributed by atoms with Crippen LogP contribution in [0.2, 0.25) is 0 Å². The minimum atomic E-state index is -5.82. The lowest BCUT2D eigenvalue weighted by Crippen LogP contribution is -2.71. The third kappa shape index (κ3) is 4.47. The van der Waals surface area contributed by atoms with Crippen LogP contribution in [0.25, 0.3) is 0 Å². The van der Waals surface area contributed by atoms with Crippen LogP contribution in [0.4, 0.5) is 26.3 Å². The Morgan fingerprint density at radius 3 is 2.28 bits per heavy atom. The largest absolute Gasteiger partial charge is 0.390 e. The zero-order valence-electron chi connectivity index (χ0n) is 21.4. The van der Waals surface area contributed by atoms with Crippen LogP contribution in [0.3, 0.4) is 0 Å². The molecule has 3 N–H and O–H groups in total. The molecule has 9 heteroatoms.